The number of hydrogen-bond acceptors (Lipinski definition) is 2. The van der Waals surface area contributed by atoms with Crippen LogP contribution in [-0.2, 0) is 10.2 Å². The van der Waals surface area contributed by atoms with Gasteiger partial charge in [-0.25, -0.2) is 0 Å². The van der Waals surface area contributed by atoms with E-state index in [9.17, 15) is 4.79 Å². The van der Waals surface area contributed by atoms with Gasteiger partial charge in [-0.2, -0.15) is 0 Å². The number of piperidine rings is 1. The zero-order valence-electron chi connectivity index (χ0n) is 11.9. The SMILES string of the molecule is O=C1CC2(CCNCC2)c2ccccc2N1CC1CC1. The number of carbonyl (C=O) groups excluding carboxylic acids is 1. The molecule has 0 unspecified atom stereocenters. The summed E-state index contributed by atoms with van der Waals surface area (Å²) in [7, 11) is 0. The van der Waals surface area contributed by atoms with Crippen LogP contribution in [0.4, 0.5) is 5.69 Å². The first-order chi connectivity index (χ1) is 9.78. The highest BCUT2D eigenvalue weighted by molar-refractivity contribution is 5.98. The van der Waals surface area contributed by atoms with E-state index in [2.05, 4.69) is 34.5 Å². The minimum atomic E-state index is 0.0962. The maximum Gasteiger partial charge on any atom is 0.227 e. The van der Waals surface area contributed by atoms with Gasteiger partial charge in [0.2, 0.25) is 5.91 Å². The number of rotatable bonds is 2. The van der Waals surface area contributed by atoms with E-state index < -0.39 is 0 Å². The molecule has 2 heterocycles. The molecule has 2 aliphatic heterocycles. The van der Waals surface area contributed by atoms with Crippen LogP contribution in [0.25, 0.3) is 0 Å². The van der Waals surface area contributed by atoms with Crippen molar-refractivity contribution < 1.29 is 4.79 Å². The lowest BCUT2D eigenvalue weighted by molar-refractivity contribution is -0.120. The highest BCUT2D eigenvalue weighted by atomic mass is 16.2. The highest BCUT2D eigenvalue weighted by Gasteiger charge is 2.44. The van der Waals surface area contributed by atoms with Crippen molar-refractivity contribution >= 4 is 11.6 Å². The lowest BCUT2D eigenvalue weighted by atomic mass is 9.68. The first-order valence-corrected chi connectivity index (χ1v) is 7.89. The molecule has 4 rings (SSSR count). The molecule has 0 radical (unpaired) electrons. The van der Waals surface area contributed by atoms with E-state index in [0.717, 1.165) is 38.4 Å². The molecule has 1 N–H and O–H groups in total. The first-order valence-electron chi connectivity index (χ1n) is 7.89. The largest absolute Gasteiger partial charge is 0.317 e. The van der Waals surface area contributed by atoms with E-state index in [-0.39, 0.29) is 5.41 Å². The molecule has 0 bridgehead atoms. The Hall–Kier alpha value is -1.35. The van der Waals surface area contributed by atoms with Crippen LogP contribution < -0.4 is 10.2 Å². The molecule has 1 amide bonds. The summed E-state index contributed by atoms with van der Waals surface area (Å²) in [4.78, 5) is 14.8. The zero-order valence-corrected chi connectivity index (χ0v) is 11.9. The summed E-state index contributed by atoms with van der Waals surface area (Å²) < 4.78 is 0. The molecule has 1 aliphatic carbocycles. The lowest BCUT2D eigenvalue weighted by Gasteiger charge is -2.45. The second-order valence-electron chi connectivity index (χ2n) is 6.67. The maximum absolute atomic E-state index is 12.7. The van der Waals surface area contributed by atoms with Crippen LogP contribution in [0.15, 0.2) is 24.3 Å². The number of nitrogens with one attached hydrogen (secondary N) is 1. The Balaban J connectivity index is 1.75. The monoisotopic (exact) mass is 270 g/mol. The smallest absolute Gasteiger partial charge is 0.227 e. The Labute approximate surface area is 120 Å². The van der Waals surface area contributed by atoms with Crippen molar-refractivity contribution in [3.8, 4) is 0 Å². The van der Waals surface area contributed by atoms with E-state index in [1.54, 1.807) is 0 Å². The number of benzene rings is 1. The predicted molar refractivity (Wildman–Crippen MR) is 79.9 cm³/mol. The van der Waals surface area contributed by atoms with E-state index in [1.807, 2.05) is 0 Å². The lowest BCUT2D eigenvalue weighted by Crippen LogP contribution is -2.49. The molecule has 1 aromatic carbocycles. The van der Waals surface area contributed by atoms with Gasteiger partial charge in [-0.3, -0.25) is 4.79 Å². The maximum atomic E-state index is 12.7. The van der Waals surface area contributed by atoms with E-state index in [1.165, 1.54) is 24.1 Å². The fraction of sp³-hybridized carbons (Fsp3) is 0.588. The predicted octanol–water partition coefficient (Wildman–Crippen LogP) is 2.45. The highest BCUT2D eigenvalue weighted by Crippen LogP contribution is 2.46. The zero-order chi connectivity index (χ0) is 13.6. The summed E-state index contributed by atoms with van der Waals surface area (Å²) in [6, 6.07) is 8.62. The van der Waals surface area contributed by atoms with Crippen molar-refractivity contribution in [1.82, 2.24) is 5.32 Å². The summed E-state index contributed by atoms with van der Waals surface area (Å²) in [5.41, 5.74) is 2.71. The Bertz CT molecular complexity index is 530. The standard InChI is InChI=1S/C17H22N2O/c20-16-11-17(7-9-18-10-8-17)14-3-1-2-4-15(14)19(16)12-13-5-6-13/h1-4,13,18H,5-12H2. The van der Waals surface area contributed by atoms with Gasteiger partial charge in [0.1, 0.15) is 0 Å². The number of fused-ring (bicyclic) bond motifs is 2. The van der Waals surface area contributed by atoms with E-state index >= 15 is 0 Å². The second-order valence-corrected chi connectivity index (χ2v) is 6.67. The number of amides is 1. The summed E-state index contributed by atoms with van der Waals surface area (Å²) in [5, 5.41) is 3.43. The van der Waals surface area contributed by atoms with Crippen molar-refractivity contribution in [2.75, 3.05) is 24.5 Å². The summed E-state index contributed by atoms with van der Waals surface area (Å²) in [6.07, 6.45) is 5.47. The molecular weight excluding hydrogens is 248 g/mol. The molecule has 3 heteroatoms. The van der Waals surface area contributed by atoms with Gasteiger partial charge in [0.05, 0.1) is 0 Å². The van der Waals surface area contributed by atoms with Crippen LogP contribution in [0.3, 0.4) is 0 Å². The number of nitrogens with zero attached hydrogens (tertiary/aromatic N) is 1. The van der Waals surface area contributed by atoms with Crippen molar-refractivity contribution in [2.45, 2.75) is 37.5 Å². The molecule has 2 fully saturated rings. The third-order valence-electron chi connectivity index (χ3n) is 5.26. The molecule has 1 saturated carbocycles. The van der Waals surface area contributed by atoms with Crippen LogP contribution in [-0.4, -0.2) is 25.5 Å². The number of para-hydroxylation sites is 1. The Morgan fingerprint density at radius 3 is 2.70 bits per heavy atom. The minimum Gasteiger partial charge on any atom is -0.317 e. The van der Waals surface area contributed by atoms with Crippen molar-refractivity contribution in [3.63, 3.8) is 0 Å². The van der Waals surface area contributed by atoms with E-state index in [4.69, 9.17) is 0 Å². The second kappa shape index (κ2) is 4.59. The van der Waals surface area contributed by atoms with Gasteiger partial charge in [0.25, 0.3) is 0 Å². The van der Waals surface area contributed by atoms with Crippen LogP contribution in [0.5, 0.6) is 0 Å². The molecular formula is C17H22N2O. The summed E-state index contributed by atoms with van der Waals surface area (Å²) in [5.74, 6) is 1.09. The summed E-state index contributed by atoms with van der Waals surface area (Å²) in [6.45, 7) is 3.00. The molecule has 3 aliphatic rings. The Morgan fingerprint density at radius 2 is 1.95 bits per heavy atom. The van der Waals surface area contributed by atoms with Gasteiger partial charge >= 0.3 is 0 Å². The van der Waals surface area contributed by atoms with Crippen LogP contribution in [0.1, 0.15) is 37.7 Å². The average molecular weight is 270 g/mol. The molecule has 20 heavy (non-hydrogen) atoms. The van der Waals surface area contributed by atoms with E-state index in [0.29, 0.717) is 12.3 Å². The van der Waals surface area contributed by atoms with Crippen molar-refractivity contribution in [1.29, 1.82) is 0 Å². The fourth-order valence-electron chi connectivity index (χ4n) is 3.88. The molecule has 1 saturated heterocycles. The van der Waals surface area contributed by atoms with Gasteiger partial charge in [0.15, 0.2) is 0 Å². The molecule has 0 aromatic heterocycles. The average Bonchev–Trinajstić information content (AvgIpc) is 3.29. The Morgan fingerprint density at radius 1 is 1.20 bits per heavy atom. The van der Waals surface area contributed by atoms with Crippen molar-refractivity contribution in [2.24, 2.45) is 5.92 Å². The van der Waals surface area contributed by atoms with Crippen molar-refractivity contribution in [3.05, 3.63) is 29.8 Å². The topological polar surface area (TPSA) is 32.3 Å². The molecule has 3 nitrogen and oxygen atoms in total. The third-order valence-corrected chi connectivity index (χ3v) is 5.26. The Kier molecular flexibility index (Phi) is 2.84. The van der Waals surface area contributed by atoms with Gasteiger partial charge in [0, 0.05) is 24.1 Å². The quantitative estimate of drug-likeness (QED) is 0.895. The molecule has 106 valence electrons. The third kappa shape index (κ3) is 1.96. The van der Waals surface area contributed by atoms with Crippen LogP contribution in [0.2, 0.25) is 0 Å². The first kappa shape index (κ1) is 12.4. The minimum absolute atomic E-state index is 0.0962. The number of hydrogen-bond donors (Lipinski definition) is 1. The number of anilines is 1. The molecule has 1 aromatic rings. The summed E-state index contributed by atoms with van der Waals surface area (Å²) >= 11 is 0. The van der Waals surface area contributed by atoms with Gasteiger partial charge in [-0.05, 0) is 56.3 Å². The normalized spacial score (nSPS) is 24.8. The molecule has 1 spiro atoms. The number of carbonyl (C=O) groups is 1. The van der Waals surface area contributed by atoms with Gasteiger partial charge < -0.3 is 10.2 Å². The fourth-order valence-corrected chi connectivity index (χ4v) is 3.88. The van der Waals surface area contributed by atoms with Crippen LogP contribution >= 0.6 is 0 Å². The van der Waals surface area contributed by atoms with Crippen LogP contribution in [0, 0.1) is 5.92 Å². The van der Waals surface area contributed by atoms with Gasteiger partial charge in [-0.1, -0.05) is 18.2 Å². The van der Waals surface area contributed by atoms with Gasteiger partial charge in [-0.15, -0.1) is 0 Å². The molecule has 0 atom stereocenters.